The highest BCUT2D eigenvalue weighted by Crippen LogP contribution is 2.19. The molecule has 1 unspecified atom stereocenters. The van der Waals surface area contributed by atoms with E-state index >= 15 is 0 Å². The van der Waals surface area contributed by atoms with Gasteiger partial charge in [0.1, 0.15) is 11.6 Å². The first-order chi connectivity index (χ1) is 9.06. The van der Waals surface area contributed by atoms with Crippen molar-refractivity contribution >= 4 is 5.91 Å². The van der Waals surface area contributed by atoms with E-state index in [1.165, 1.54) is 36.7 Å². The molecular formula is C13H12FN3O2. The van der Waals surface area contributed by atoms with E-state index in [4.69, 9.17) is 10.5 Å². The molecule has 0 saturated carbocycles. The van der Waals surface area contributed by atoms with Gasteiger partial charge in [-0.1, -0.05) is 0 Å². The molecule has 2 rings (SSSR count). The van der Waals surface area contributed by atoms with E-state index in [0.717, 1.165) is 0 Å². The zero-order valence-electron chi connectivity index (χ0n) is 10.2. The second-order valence-corrected chi connectivity index (χ2v) is 3.96. The molecule has 98 valence electrons. The number of hydrogen-bond acceptors (Lipinski definition) is 4. The molecule has 1 amide bonds. The molecule has 0 spiro atoms. The average molecular weight is 261 g/mol. The summed E-state index contributed by atoms with van der Waals surface area (Å²) in [4.78, 5) is 19.1. The lowest BCUT2D eigenvalue weighted by atomic mass is 10.1. The molecule has 0 aliphatic rings. The maximum atomic E-state index is 12.7. The molecule has 0 fully saturated rings. The lowest BCUT2D eigenvalue weighted by molar-refractivity contribution is -0.119. The van der Waals surface area contributed by atoms with E-state index in [1.54, 1.807) is 6.92 Å². The van der Waals surface area contributed by atoms with Crippen molar-refractivity contribution in [1.29, 1.82) is 0 Å². The van der Waals surface area contributed by atoms with Crippen LogP contribution in [0.25, 0.3) is 0 Å². The van der Waals surface area contributed by atoms with Crippen molar-refractivity contribution in [3.05, 3.63) is 48.2 Å². The third-order valence-electron chi connectivity index (χ3n) is 2.55. The predicted octanol–water partition coefficient (Wildman–Crippen LogP) is 2.00. The number of carbonyl (C=O) groups excluding carboxylic acids is 1. The molecule has 6 heteroatoms. The van der Waals surface area contributed by atoms with Crippen LogP contribution in [0.4, 0.5) is 4.39 Å². The number of primary amides is 1. The van der Waals surface area contributed by atoms with Crippen LogP contribution in [0.1, 0.15) is 18.5 Å². The van der Waals surface area contributed by atoms with E-state index in [1.807, 2.05) is 0 Å². The maximum absolute atomic E-state index is 12.7. The fraction of sp³-hybridized carbons (Fsp3) is 0.154. The van der Waals surface area contributed by atoms with Gasteiger partial charge in [-0.3, -0.25) is 9.78 Å². The van der Waals surface area contributed by atoms with Crippen molar-refractivity contribution < 1.29 is 13.9 Å². The molecule has 19 heavy (non-hydrogen) atoms. The summed E-state index contributed by atoms with van der Waals surface area (Å²) in [6.07, 6.45) is 2.81. The Morgan fingerprint density at radius 1 is 1.26 bits per heavy atom. The second-order valence-electron chi connectivity index (χ2n) is 3.96. The van der Waals surface area contributed by atoms with Gasteiger partial charge in [0.15, 0.2) is 0 Å². The summed E-state index contributed by atoms with van der Waals surface area (Å²) in [5.74, 6) is -0.614. The summed E-state index contributed by atoms with van der Waals surface area (Å²) in [5, 5.41) is 0. The highest BCUT2D eigenvalue weighted by molar-refractivity contribution is 5.80. The molecule has 2 N–H and O–H groups in total. The van der Waals surface area contributed by atoms with Crippen LogP contribution in [0.15, 0.2) is 36.7 Å². The maximum Gasteiger partial charge on any atom is 0.237 e. The van der Waals surface area contributed by atoms with Crippen LogP contribution in [-0.4, -0.2) is 15.9 Å². The monoisotopic (exact) mass is 261 g/mol. The molecule has 1 aromatic heterocycles. The third-order valence-corrected chi connectivity index (χ3v) is 2.55. The number of benzene rings is 1. The lowest BCUT2D eigenvalue weighted by Crippen LogP contribution is -2.19. The predicted molar refractivity (Wildman–Crippen MR) is 66.1 cm³/mol. The Balaban J connectivity index is 2.10. The molecule has 5 nitrogen and oxygen atoms in total. The fourth-order valence-electron chi connectivity index (χ4n) is 1.37. The molecule has 2 aromatic rings. The number of halogens is 1. The first-order valence-corrected chi connectivity index (χ1v) is 5.61. The van der Waals surface area contributed by atoms with Gasteiger partial charge >= 0.3 is 0 Å². The largest absolute Gasteiger partial charge is 0.438 e. The van der Waals surface area contributed by atoms with Gasteiger partial charge in [-0.15, -0.1) is 0 Å². The first kappa shape index (κ1) is 12.9. The topological polar surface area (TPSA) is 78.1 Å². The molecule has 0 aliphatic carbocycles. The Morgan fingerprint density at radius 2 is 1.95 bits per heavy atom. The summed E-state index contributed by atoms with van der Waals surface area (Å²) in [6, 6.07) is 5.53. The third kappa shape index (κ3) is 3.25. The van der Waals surface area contributed by atoms with Gasteiger partial charge in [0.2, 0.25) is 11.8 Å². The minimum atomic E-state index is -0.507. The number of nitrogens with two attached hydrogens (primary N) is 1. The summed E-state index contributed by atoms with van der Waals surface area (Å²) < 4.78 is 18.1. The number of ether oxygens (including phenoxy) is 1. The average Bonchev–Trinajstić information content (AvgIpc) is 2.41. The summed E-state index contributed by atoms with van der Waals surface area (Å²) in [6.45, 7) is 1.65. The zero-order chi connectivity index (χ0) is 13.8. The van der Waals surface area contributed by atoms with Gasteiger partial charge in [0.25, 0.3) is 0 Å². The number of carbonyl (C=O) groups is 1. The Hall–Kier alpha value is -2.50. The van der Waals surface area contributed by atoms with E-state index in [2.05, 4.69) is 9.97 Å². The van der Waals surface area contributed by atoms with Crippen LogP contribution in [0, 0.1) is 5.82 Å². The van der Waals surface area contributed by atoms with Gasteiger partial charge in [0.05, 0.1) is 24.0 Å². The van der Waals surface area contributed by atoms with Crippen LogP contribution in [0.3, 0.4) is 0 Å². The molecule has 0 saturated heterocycles. The Labute approximate surface area is 109 Å². The number of hydrogen-bond donors (Lipinski definition) is 1. The minimum absolute atomic E-state index is 0.257. The van der Waals surface area contributed by atoms with Crippen molar-refractivity contribution in [2.45, 2.75) is 12.8 Å². The van der Waals surface area contributed by atoms with E-state index in [9.17, 15) is 9.18 Å². The zero-order valence-corrected chi connectivity index (χ0v) is 10.2. The van der Waals surface area contributed by atoms with Crippen molar-refractivity contribution in [2.75, 3.05) is 0 Å². The Morgan fingerprint density at radius 3 is 2.47 bits per heavy atom. The van der Waals surface area contributed by atoms with Crippen LogP contribution in [-0.2, 0) is 4.79 Å². The SMILES string of the molecule is CC(C(N)=O)c1cnc(Oc2ccc(F)cc2)cn1. The van der Waals surface area contributed by atoms with Gasteiger partial charge in [0, 0.05) is 0 Å². The van der Waals surface area contributed by atoms with E-state index in [-0.39, 0.29) is 11.7 Å². The molecule has 1 atom stereocenters. The van der Waals surface area contributed by atoms with Gasteiger partial charge in [-0.25, -0.2) is 9.37 Å². The van der Waals surface area contributed by atoms with Crippen molar-refractivity contribution in [3.63, 3.8) is 0 Å². The first-order valence-electron chi connectivity index (χ1n) is 5.61. The van der Waals surface area contributed by atoms with Crippen molar-refractivity contribution in [1.82, 2.24) is 9.97 Å². The molecular weight excluding hydrogens is 249 g/mol. The van der Waals surface area contributed by atoms with Crippen LogP contribution in [0.5, 0.6) is 11.6 Å². The van der Waals surface area contributed by atoms with Crippen LogP contribution in [0.2, 0.25) is 0 Å². The van der Waals surface area contributed by atoms with Crippen molar-refractivity contribution in [3.8, 4) is 11.6 Å². The quantitative estimate of drug-likeness (QED) is 0.913. The molecule has 0 bridgehead atoms. The number of nitrogens with zero attached hydrogens (tertiary/aromatic N) is 2. The Kier molecular flexibility index (Phi) is 3.70. The Bertz CT molecular complexity index is 569. The van der Waals surface area contributed by atoms with Crippen LogP contribution < -0.4 is 10.5 Å². The lowest BCUT2D eigenvalue weighted by Gasteiger charge is -2.07. The van der Waals surface area contributed by atoms with Gasteiger partial charge < -0.3 is 10.5 Å². The highest BCUT2D eigenvalue weighted by Gasteiger charge is 2.13. The smallest absolute Gasteiger partial charge is 0.237 e. The summed E-state index contributed by atoms with van der Waals surface area (Å²) in [7, 11) is 0. The van der Waals surface area contributed by atoms with Gasteiger partial charge in [-0.05, 0) is 31.2 Å². The normalized spacial score (nSPS) is 11.9. The van der Waals surface area contributed by atoms with Crippen LogP contribution >= 0.6 is 0 Å². The highest BCUT2D eigenvalue weighted by atomic mass is 19.1. The number of amides is 1. The summed E-state index contributed by atoms with van der Waals surface area (Å²) in [5.41, 5.74) is 5.64. The molecule has 0 radical (unpaired) electrons. The van der Waals surface area contributed by atoms with E-state index in [0.29, 0.717) is 11.4 Å². The fourth-order valence-corrected chi connectivity index (χ4v) is 1.37. The molecule has 0 aliphatic heterocycles. The van der Waals surface area contributed by atoms with E-state index < -0.39 is 11.8 Å². The minimum Gasteiger partial charge on any atom is -0.438 e. The molecule has 1 heterocycles. The summed E-state index contributed by atoms with van der Waals surface area (Å²) >= 11 is 0. The standard InChI is InChI=1S/C13H12FN3O2/c1-8(13(15)18)11-6-17-12(7-16-11)19-10-4-2-9(14)3-5-10/h2-8H,1H3,(H2,15,18). The van der Waals surface area contributed by atoms with Gasteiger partial charge in [-0.2, -0.15) is 0 Å². The second kappa shape index (κ2) is 5.43. The number of aromatic nitrogens is 2. The molecule has 1 aromatic carbocycles. The number of rotatable bonds is 4. The van der Waals surface area contributed by atoms with Crippen molar-refractivity contribution in [2.24, 2.45) is 5.73 Å².